The van der Waals surface area contributed by atoms with Crippen molar-refractivity contribution in [3.8, 4) is 11.5 Å². The van der Waals surface area contributed by atoms with Crippen molar-refractivity contribution in [2.24, 2.45) is 5.92 Å². The average Bonchev–Trinajstić information content (AvgIpc) is 3.59. The third kappa shape index (κ3) is 2.32. The molecular formula is C28H30N2O5. The number of likely N-dealkylation sites (N-methyl/N-ethyl adjacent to an activating group) is 1. The molecule has 2 aromatic rings. The lowest BCUT2D eigenvalue weighted by Crippen LogP contribution is -2.68. The van der Waals surface area contributed by atoms with E-state index in [0.29, 0.717) is 18.6 Å². The van der Waals surface area contributed by atoms with E-state index in [0.717, 1.165) is 36.4 Å². The highest BCUT2D eigenvalue weighted by molar-refractivity contribution is 5.92. The first kappa shape index (κ1) is 20.4. The maximum atomic E-state index is 13.2. The number of hydrogen-bond donors (Lipinski definition) is 2. The van der Waals surface area contributed by atoms with E-state index in [1.165, 1.54) is 18.4 Å². The summed E-state index contributed by atoms with van der Waals surface area (Å²) < 4.78 is 11.7. The van der Waals surface area contributed by atoms with Crippen LogP contribution in [0.3, 0.4) is 0 Å². The van der Waals surface area contributed by atoms with Crippen molar-refractivity contribution in [3.05, 3.63) is 53.5 Å². The minimum atomic E-state index is -0.913. The number of carbonyl (C=O) groups is 1. The van der Waals surface area contributed by atoms with Gasteiger partial charge in [-0.25, -0.2) is 0 Å². The SMILES string of the molecule is CN(C(=O)/C=C/c1ccoc1)[C@@H]1CC[C@@]2(O)[C@@H]3N(CC4CC4)[C@@]34Cc3ccc(O)c5c3[C@@]2(C4)[C@H]1O5. The smallest absolute Gasteiger partial charge is 0.246 e. The zero-order valence-electron chi connectivity index (χ0n) is 19.8. The summed E-state index contributed by atoms with van der Waals surface area (Å²) in [5, 5.41) is 23.3. The third-order valence-corrected chi connectivity index (χ3v) is 10.2. The topological polar surface area (TPSA) is 86.2 Å². The molecule has 2 aliphatic heterocycles. The number of phenolic OH excluding ortho intramolecular Hbond substituents is 1. The first-order valence-electron chi connectivity index (χ1n) is 12.9. The molecule has 1 saturated heterocycles. The minimum absolute atomic E-state index is 0.0246. The number of benzene rings is 1. The van der Waals surface area contributed by atoms with E-state index in [2.05, 4.69) is 4.90 Å². The van der Waals surface area contributed by atoms with Gasteiger partial charge in [-0.05, 0) is 68.2 Å². The van der Waals surface area contributed by atoms with Gasteiger partial charge in [0, 0.05) is 36.3 Å². The van der Waals surface area contributed by atoms with Crippen molar-refractivity contribution in [2.45, 2.75) is 73.3 Å². The van der Waals surface area contributed by atoms with E-state index < -0.39 is 11.0 Å². The highest BCUT2D eigenvalue weighted by Gasteiger charge is 2.88. The van der Waals surface area contributed by atoms with Gasteiger partial charge in [0.05, 0.1) is 35.6 Å². The predicted molar refractivity (Wildman–Crippen MR) is 127 cm³/mol. The van der Waals surface area contributed by atoms with Crippen LogP contribution >= 0.6 is 0 Å². The van der Waals surface area contributed by atoms with Gasteiger partial charge in [-0.1, -0.05) is 6.07 Å². The number of rotatable bonds is 5. The number of nitrogens with zero attached hydrogens (tertiary/aromatic N) is 2. The van der Waals surface area contributed by atoms with Crippen LogP contribution in [0.5, 0.6) is 11.5 Å². The molecule has 7 heteroatoms. The molecule has 1 aromatic carbocycles. The molecule has 2 bridgehead atoms. The maximum Gasteiger partial charge on any atom is 0.246 e. The Bertz CT molecular complexity index is 1280. The Hall–Kier alpha value is -2.77. The van der Waals surface area contributed by atoms with Crippen LogP contribution in [0.2, 0.25) is 0 Å². The van der Waals surface area contributed by atoms with E-state index in [1.54, 1.807) is 35.6 Å². The molecule has 7 atom stereocenters. The highest BCUT2D eigenvalue weighted by Crippen LogP contribution is 2.77. The summed E-state index contributed by atoms with van der Waals surface area (Å²) in [6, 6.07) is 5.52. The standard InChI is InChI=1S/C28H30N2O5/c1-29(21(32)7-4-17-9-11-34-14-17)19-8-10-28(33)25-26(30(25)13-16-2-3-16)12-18-5-6-20(31)23-22(18)27(28,15-26)24(19)35-23/h4-7,9,11,14,16,19,24-25,31,33H,2-3,8,10,12-13,15H2,1H3/b7-4+/t19-,24+,25-,26-,27+,28-,30?/m1/s1. The second-order valence-electron chi connectivity index (χ2n) is 11.8. The summed E-state index contributed by atoms with van der Waals surface area (Å²) in [6.45, 7) is 1.08. The van der Waals surface area contributed by atoms with E-state index in [1.807, 2.05) is 19.2 Å². The maximum absolute atomic E-state index is 13.2. The fourth-order valence-electron chi connectivity index (χ4n) is 8.56. The molecule has 35 heavy (non-hydrogen) atoms. The van der Waals surface area contributed by atoms with Crippen LogP contribution in [0.15, 0.2) is 41.2 Å². The summed E-state index contributed by atoms with van der Waals surface area (Å²) in [7, 11) is 1.83. The molecule has 4 fully saturated rings. The Labute approximate surface area is 204 Å². The predicted octanol–water partition coefficient (Wildman–Crippen LogP) is 2.84. The van der Waals surface area contributed by atoms with Crippen LogP contribution in [-0.2, 0) is 16.6 Å². The van der Waals surface area contributed by atoms with Gasteiger partial charge in [0.1, 0.15) is 6.10 Å². The van der Waals surface area contributed by atoms with Crippen LogP contribution in [0.1, 0.15) is 48.8 Å². The van der Waals surface area contributed by atoms with Crippen LogP contribution in [0, 0.1) is 5.92 Å². The number of amides is 1. The molecular weight excluding hydrogens is 444 g/mol. The lowest BCUT2D eigenvalue weighted by atomic mass is 9.56. The molecule has 1 aromatic heterocycles. The first-order valence-corrected chi connectivity index (χ1v) is 12.9. The first-order chi connectivity index (χ1) is 16.9. The molecule has 3 saturated carbocycles. The van der Waals surface area contributed by atoms with Crippen LogP contribution in [0.25, 0.3) is 6.08 Å². The Kier molecular flexibility index (Phi) is 3.68. The third-order valence-electron chi connectivity index (χ3n) is 10.2. The Morgan fingerprint density at radius 2 is 2.14 bits per heavy atom. The van der Waals surface area contributed by atoms with E-state index in [-0.39, 0.29) is 35.4 Å². The van der Waals surface area contributed by atoms with Gasteiger partial charge >= 0.3 is 0 Å². The second kappa shape index (κ2) is 6.31. The van der Waals surface area contributed by atoms with Crippen molar-refractivity contribution in [1.82, 2.24) is 9.80 Å². The summed E-state index contributed by atoms with van der Waals surface area (Å²) in [6.07, 6.45) is 11.8. The van der Waals surface area contributed by atoms with Gasteiger partial charge in [-0.15, -0.1) is 0 Å². The minimum Gasteiger partial charge on any atom is -0.504 e. The Balaban J connectivity index is 1.20. The molecule has 6 aliphatic rings. The summed E-state index contributed by atoms with van der Waals surface area (Å²) in [5.74, 6) is 1.32. The highest BCUT2D eigenvalue weighted by atomic mass is 16.5. The summed E-state index contributed by atoms with van der Waals surface area (Å²) >= 11 is 0. The lowest BCUT2D eigenvalue weighted by Gasteiger charge is -2.54. The largest absolute Gasteiger partial charge is 0.504 e. The molecule has 4 aliphatic carbocycles. The molecule has 1 amide bonds. The molecule has 8 rings (SSSR count). The number of phenols is 1. The van der Waals surface area contributed by atoms with Gasteiger partial charge in [-0.2, -0.15) is 0 Å². The molecule has 3 heterocycles. The number of likely N-dealkylation sites (tertiary alicyclic amines) is 1. The molecule has 0 radical (unpaired) electrons. The van der Waals surface area contributed by atoms with Crippen molar-refractivity contribution < 1.29 is 24.2 Å². The second-order valence-corrected chi connectivity index (χ2v) is 11.8. The molecule has 2 N–H and O–H groups in total. The van der Waals surface area contributed by atoms with Crippen LogP contribution in [0.4, 0.5) is 0 Å². The quantitative estimate of drug-likeness (QED) is 0.512. The molecule has 182 valence electrons. The van der Waals surface area contributed by atoms with Gasteiger partial charge in [0.15, 0.2) is 11.5 Å². The number of hydrogen-bond acceptors (Lipinski definition) is 6. The van der Waals surface area contributed by atoms with Gasteiger partial charge < -0.3 is 24.3 Å². The summed E-state index contributed by atoms with van der Waals surface area (Å²) in [4.78, 5) is 17.6. The number of aromatic hydroxyl groups is 1. The van der Waals surface area contributed by atoms with Crippen LogP contribution in [-0.4, -0.2) is 68.8 Å². The Morgan fingerprint density at radius 3 is 2.91 bits per heavy atom. The van der Waals surface area contributed by atoms with E-state index in [9.17, 15) is 15.0 Å². The number of carbonyl (C=O) groups excluding carboxylic acids is 1. The summed E-state index contributed by atoms with van der Waals surface area (Å²) in [5.41, 5.74) is 1.51. The Morgan fingerprint density at radius 1 is 1.29 bits per heavy atom. The zero-order chi connectivity index (χ0) is 23.7. The normalized spacial score (nSPS) is 41.4. The van der Waals surface area contributed by atoms with Gasteiger partial charge in [0.2, 0.25) is 5.91 Å². The number of piperidine rings is 1. The zero-order valence-corrected chi connectivity index (χ0v) is 19.8. The molecule has 7 nitrogen and oxygen atoms in total. The number of aliphatic hydroxyl groups is 1. The van der Waals surface area contributed by atoms with Crippen molar-refractivity contribution in [3.63, 3.8) is 0 Å². The number of ether oxygens (including phenoxy) is 1. The number of furan rings is 1. The van der Waals surface area contributed by atoms with E-state index >= 15 is 0 Å². The van der Waals surface area contributed by atoms with Crippen molar-refractivity contribution >= 4 is 12.0 Å². The van der Waals surface area contributed by atoms with Crippen molar-refractivity contribution in [2.75, 3.05) is 13.6 Å². The molecule has 1 unspecified atom stereocenters. The fourth-order valence-corrected chi connectivity index (χ4v) is 8.56. The lowest BCUT2D eigenvalue weighted by molar-refractivity contribution is -0.147. The molecule has 2 spiro atoms. The van der Waals surface area contributed by atoms with Gasteiger partial charge in [0.25, 0.3) is 0 Å². The average molecular weight is 475 g/mol. The number of fused-ring (bicyclic) bond motifs is 1. The van der Waals surface area contributed by atoms with Crippen molar-refractivity contribution in [1.29, 1.82) is 0 Å². The monoisotopic (exact) mass is 474 g/mol. The fraction of sp³-hybridized carbons (Fsp3) is 0.536. The van der Waals surface area contributed by atoms with E-state index in [4.69, 9.17) is 9.15 Å². The van der Waals surface area contributed by atoms with Crippen LogP contribution < -0.4 is 4.74 Å². The van der Waals surface area contributed by atoms with Gasteiger partial charge in [-0.3, -0.25) is 9.69 Å².